The normalized spacial score (nSPS) is 14.0. The van der Waals surface area contributed by atoms with Crippen LogP contribution in [0, 0.1) is 6.92 Å². The lowest BCUT2D eigenvalue weighted by atomic mass is 10.1. The molecule has 1 aliphatic rings. The summed E-state index contributed by atoms with van der Waals surface area (Å²) in [6, 6.07) is 12.3. The van der Waals surface area contributed by atoms with Gasteiger partial charge < -0.3 is 14.0 Å². The molecule has 0 N–H and O–H groups in total. The fourth-order valence-corrected chi connectivity index (χ4v) is 3.41. The van der Waals surface area contributed by atoms with Crippen LogP contribution < -0.4 is 9.47 Å². The first-order valence-electron chi connectivity index (χ1n) is 9.06. The molecule has 1 aliphatic heterocycles. The molecule has 0 saturated carbocycles. The van der Waals surface area contributed by atoms with E-state index in [1.165, 1.54) is 0 Å². The number of hydrogen-bond donors (Lipinski definition) is 0. The maximum Gasteiger partial charge on any atom is 0.311 e. The number of halogens is 2. The number of fused-ring (bicyclic) bond motifs is 1. The predicted molar refractivity (Wildman–Crippen MR) is 114 cm³/mol. The van der Waals surface area contributed by atoms with Crippen LogP contribution in [-0.4, -0.2) is 16.9 Å². The van der Waals surface area contributed by atoms with E-state index in [4.69, 9.17) is 25.6 Å². The topological polar surface area (TPSA) is 78.6 Å². The van der Waals surface area contributed by atoms with Gasteiger partial charge in [0.15, 0.2) is 10.9 Å². The zero-order valence-electron chi connectivity index (χ0n) is 15.8. The molecule has 3 aromatic rings. The standard InChI is InChI=1S/C22H15BrClNO5/c1-12-17(28-20(26)9-6-15-11-19(24)25-30-15)8-7-16-21(27)18(29-22(12)16)10-13-2-4-14(23)5-3-13/h2-5,7-8,10-11H,6,9H2,1H3/b18-10-. The summed E-state index contributed by atoms with van der Waals surface area (Å²) >= 11 is 9.07. The number of carbonyl (C=O) groups is 2. The van der Waals surface area contributed by atoms with E-state index in [9.17, 15) is 9.59 Å². The van der Waals surface area contributed by atoms with E-state index in [0.29, 0.717) is 34.8 Å². The Bertz CT molecular complexity index is 1170. The predicted octanol–water partition coefficient (Wildman–Crippen LogP) is 5.55. The van der Waals surface area contributed by atoms with Gasteiger partial charge >= 0.3 is 5.97 Å². The summed E-state index contributed by atoms with van der Waals surface area (Å²) in [5, 5.41) is 3.80. The van der Waals surface area contributed by atoms with Gasteiger partial charge in [-0.25, -0.2) is 0 Å². The highest BCUT2D eigenvalue weighted by Gasteiger charge is 2.30. The van der Waals surface area contributed by atoms with E-state index in [-0.39, 0.29) is 23.1 Å². The molecule has 0 unspecified atom stereocenters. The van der Waals surface area contributed by atoms with Crippen molar-refractivity contribution in [1.82, 2.24) is 5.16 Å². The minimum absolute atomic E-state index is 0.0938. The van der Waals surface area contributed by atoms with Crippen molar-refractivity contribution in [3.05, 3.63) is 80.3 Å². The molecule has 6 nitrogen and oxygen atoms in total. The summed E-state index contributed by atoms with van der Waals surface area (Å²) in [5.41, 5.74) is 1.86. The molecule has 0 saturated heterocycles. The van der Waals surface area contributed by atoms with Gasteiger partial charge in [0.25, 0.3) is 0 Å². The fourth-order valence-electron chi connectivity index (χ4n) is 2.99. The number of esters is 1. The van der Waals surface area contributed by atoms with E-state index >= 15 is 0 Å². The van der Waals surface area contributed by atoms with E-state index in [1.54, 1.807) is 31.2 Å². The van der Waals surface area contributed by atoms with Crippen molar-refractivity contribution in [2.24, 2.45) is 0 Å². The third-order valence-corrected chi connectivity index (χ3v) is 5.24. The average molecular weight is 489 g/mol. The maximum atomic E-state index is 12.7. The van der Waals surface area contributed by atoms with Gasteiger partial charge in [0.2, 0.25) is 5.78 Å². The Hall–Kier alpha value is -2.90. The number of aryl methyl sites for hydroxylation is 1. The van der Waals surface area contributed by atoms with Crippen LogP contribution in [0.4, 0.5) is 0 Å². The average Bonchev–Trinajstić information content (AvgIpc) is 3.28. The number of hydrogen-bond acceptors (Lipinski definition) is 6. The van der Waals surface area contributed by atoms with Crippen LogP contribution in [0.15, 0.2) is 57.2 Å². The molecule has 0 spiro atoms. The third kappa shape index (κ3) is 4.32. The van der Waals surface area contributed by atoms with Gasteiger partial charge in [0.05, 0.1) is 12.0 Å². The van der Waals surface area contributed by atoms with Crippen LogP contribution in [0.25, 0.3) is 6.08 Å². The Morgan fingerprint density at radius 3 is 2.70 bits per heavy atom. The Kier molecular flexibility index (Phi) is 5.74. The molecule has 0 bridgehead atoms. The highest BCUT2D eigenvalue weighted by molar-refractivity contribution is 9.10. The number of ketones is 1. The second-order valence-corrected chi connectivity index (χ2v) is 7.95. The molecule has 0 aliphatic carbocycles. The number of benzene rings is 2. The van der Waals surface area contributed by atoms with Crippen molar-refractivity contribution in [2.75, 3.05) is 0 Å². The monoisotopic (exact) mass is 487 g/mol. The maximum absolute atomic E-state index is 12.7. The molecule has 0 radical (unpaired) electrons. The SMILES string of the molecule is Cc1c(OC(=O)CCc2cc(Cl)no2)ccc2c1O/C(=C\c1ccc(Br)cc1)C2=O. The molecule has 2 aromatic carbocycles. The largest absolute Gasteiger partial charge is 0.452 e. The third-order valence-electron chi connectivity index (χ3n) is 4.53. The molecular formula is C22H15BrClNO5. The zero-order valence-corrected chi connectivity index (χ0v) is 18.1. The Balaban J connectivity index is 1.48. The fraction of sp³-hybridized carbons (Fsp3) is 0.136. The summed E-state index contributed by atoms with van der Waals surface area (Å²) in [7, 11) is 0. The van der Waals surface area contributed by atoms with Crippen molar-refractivity contribution >= 4 is 45.4 Å². The first-order chi connectivity index (χ1) is 14.4. The number of nitrogens with zero attached hydrogens (tertiary/aromatic N) is 1. The summed E-state index contributed by atoms with van der Waals surface area (Å²) < 4.78 is 17.2. The number of carbonyl (C=O) groups excluding carboxylic acids is 2. The molecule has 4 rings (SSSR count). The van der Waals surface area contributed by atoms with Crippen LogP contribution in [-0.2, 0) is 11.2 Å². The minimum Gasteiger partial charge on any atom is -0.452 e. The molecule has 8 heteroatoms. The highest BCUT2D eigenvalue weighted by Crippen LogP contribution is 2.39. The molecule has 30 heavy (non-hydrogen) atoms. The Morgan fingerprint density at radius 1 is 1.23 bits per heavy atom. The van der Waals surface area contributed by atoms with Gasteiger partial charge in [-0.05, 0) is 42.8 Å². The van der Waals surface area contributed by atoms with Gasteiger partial charge in [0, 0.05) is 22.5 Å². The van der Waals surface area contributed by atoms with Crippen molar-refractivity contribution in [3.63, 3.8) is 0 Å². The van der Waals surface area contributed by atoms with Crippen LogP contribution in [0.3, 0.4) is 0 Å². The number of aromatic nitrogens is 1. The van der Waals surface area contributed by atoms with Crippen molar-refractivity contribution in [1.29, 1.82) is 0 Å². The molecule has 0 amide bonds. The van der Waals surface area contributed by atoms with Crippen molar-refractivity contribution in [2.45, 2.75) is 19.8 Å². The number of rotatable bonds is 5. The lowest BCUT2D eigenvalue weighted by Crippen LogP contribution is -2.10. The number of allylic oxidation sites excluding steroid dienone is 1. The summed E-state index contributed by atoms with van der Waals surface area (Å²) in [4.78, 5) is 24.9. The van der Waals surface area contributed by atoms with E-state index < -0.39 is 5.97 Å². The summed E-state index contributed by atoms with van der Waals surface area (Å²) in [5.74, 6) is 0.805. The lowest BCUT2D eigenvalue weighted by molar-refractivity contribution is -0.134. The minimum atomic E-state index is -0.444. The molecule has 0 fully saturated rings. The molecule has 0 atom stereocenters. The quantitative estimate of drug-likeness (QED) is 0.266. The van der Waals surface area contributed by atoms with Crippen molar-refractivity contribution in [3.8, 4) is 11.5 Å². The highest BCUT2D eigenvalue weighted by atomic mass is 79.9. The van der Waals surface area contributed by atoms with Crippen LogP contribution in [0.5, 0.6) is 11.5 Å². The summed E-state index contributed by atoms with van der Waals surface area (Å²) in [6.07, 6.45) is 2.09. The smallest absolute Gasteiger partial charge is 0.311 e. The van der Waals surface area contributed by atoms with E-state index in [1.807, 2.05) is 24.3 Å². The Morgan fingerprint density at radius 2 is 2.00 bits per heavy atom. The lowest BCUT2D eigenvalue weighted by Gasteiger charge is -2.09. The van der Waals surface area contributed by atoms with E-state index in [0.717, 1.165) is 10.0 Å². The Labute approximate surface area is 185 Å². The molecular weight excluding hydrogens is 474 g/mol. The van der Waals surface area contributed by atoms with Gasteiger partial charge in [-0.3, -0.25) is 9.59 Å². The van der Waals surface area contributed by atoms with E-state index in [2.05, 4.69) is 21.1 Å². The van der Waals surface area contributed by atoms with Gasteiger partial charge in [-0.15, -0.1) is 0 Å². The molecule has 2 heterocycles. The molecule has 152 valence electrons. The summed E-state index contributed by atoms with van der Waals surface area (Å²) in [6.45, 7) is 1.74. The number of Topliss-reactive ketones (excluding diaryl/α,β-unsaturated/α-hetero) is 1. The molecule has 1 aromatic heterocycles. The zero-order chi connectivity index (χ0) is 21.3. The van der Waals surface area contributed by atoms with Gasteiger partial charge in [0.1, 0.15) is 17.3 Å². The van der Waals surface area contributed by atoms with Gasteiger partial charge in [-0.1, -0.05) is 44.8 Å². The van der Waals surface area contributed by atoms with Crippen LogP contribution in [0.1, 0.15) is 33.7 Å². The van der Waals surface area contributed by atoms with Crippen molar-refractivity contribution < 1.29 is 23.6 Å². The van der Waals surface area contributed by atoms with Crippen LogP contribution >= 0.6 is 27.5 Å². The first kappa shape index (κ1) is 20.4. The second-order valence-electron chi connectivity index (χ2n) is 6.65. The van der Waals surface area contributed by atoms with Gasteiger partial charge in [-0.2, -0.15) is 0 Å². The second kappa shape index (κ2) is 8.45. The van der Waals surface area contributed by atoms with Crippen LogP contribution in [0.2, 0.25) is 5.15 Å². The number of ether oxygens (including phenoxy) is 2. The first-order valence-corrected chi connectivity index (χ1v) is 10.2.